The van der Waals surface area contributed by atoms with Crippen LogP contribution in [-0.2, 0) is 38.1 Å². The average Bonchev–Trinajstić information content (AvgIpc) is 2.42. The topological polar surface area (TPSA) is 117 Å². The van der Waals surface area contributed by atoms with Gasteiger partial charge in [0.1, 0.15) is 24.9 Å². The SMILES string of the molecule is CC(=O)N[C@H]1[C@H](OC(C)=O)O[C@H](COC(C)=O)[C@H](C)[C@@H]1OC(C)=O. The van der Waals surface area contributed by atoms with Crippen molar-refractivity contribution in [2.45, 2.75) is 59.2 Å². The molecule has 0 aromatic rings. The van der Waals surface area contributed by atoms with Crippen LogP contribution < -0.4 is 5.32 Å². The van der Waals surface area contributed by atoms with Crippen LogP contribution in [0.5, 0.6) is 0 Å². The number of ether oxygens (including phenoxy) is 4. The van der Waals surface area contributed by atoms with Gasteiger partial charge in [0.05, 0.1) is 0 Å². The van der Waals surface area contributed by atoms with Crippen molar-refractivity contribution in [2.24, 2.45) is 5.92 Å². The maximum absolute atomic E-state index is 11.5. The van der Waals surface area contributed by atoms with E-state index in [0.29, 0.717) is 0 Å². The molecule has 24 heavy (non-hydrogen) atoms. The zero-order valence-electron chi connectivity index (χ0n) is 14.4. The first-order valence-corrected chi connectivity index (χ1v) is 7.52. The first-order chi connectivity index (χ1) is 11.1. The van der Waals surface area contributed by atoms with E-state index in [1.54, 1.807) is 6.92 Å². The monoisotopic (exact) mass is 345 g/mol. The third kappa shape index (κ3) is 5.80. The van der Waals surface area contributed by atoms with Gasteiger partial charge in [0.15, 0.2) is 0 Å². The molecule has 1 heterocycles. The number of esters is 3. The number of rotatable bonds is 5. The molecular weight excluding hydrogens is 322 g/mol. The average molecular weight is 345 g/mol. The standard InChI is InChI=1S/C15H23NO8/c1-7-12(6-21-9(3)18)24-15(23-11(5)20)13(16-8(2)17)14(7)22-10(4)19/h7,12-15H,6H2,1-5H3,(H,16,17)/t7-,12+,13+,14-,15+/m0/s1. The van der Waals surface area contributed by atoms with Crippen LogP contribution in [0.1, 0.15) is 34.6 Å². The summed E-state index contributed by atoms with van der Waals surface area (Å²) < 4.78 is 21.0. The molecule has 0 unspecified atom stereocenters. The highest BCUT2D eigenvalue weighted by Gasteiger charge is 2.48. The number of carbonyl (C=O) groups excluding carboxylic acids is 4. The zero-order chi connectivity index (χ0) is 18.4. The molecule has 1 saturated heterocycles. The minimum atomic E-state index is -1.17. The molecule has 0 radical (unpaired) electrons. The summed E-state index contributed by atoms with van der Waals surface area (Å²) >= 11 is 0. The van der Waals surface area contributed by atoms with Gasteiger partial charge >= 0.3 is 17.9 Å². The molecule has 0 aliphatic carbocycles. The highest BCUT2D eigenvalue weighted by molar-refractivity contribution is 5.73. The van der Waals surface area contributed by atoms with Crippen molar-refractivity contribution in [3.63, 3.8) is 0 Å². The Labute approximate surface area is 139 Å². The van der Waals surface area contributed by atoms with Crippen molar-refractivity contribution in [1.82, 2.24) is 5.32 Å². The normalized spacial score (nSPS) is 29.3. The Morgan fingerprint density at radius 2 is 1.54 bits per heavy atom. The molecule has 9 heteroatoms. The quantitative estimate of drug-likeness (QED) is 0.543. The number of carbonyl (C=O) groups is 4. The lowest BCUT2D eigenvalue weighted by molar-refractivity contribution is -0.253. The summed E-state index contributed by atoms with van der Waals surface area (Å²) in [6.45, 7) is 6.58. The molecule has 1 rings (SSSR count). The summed E-state index contributed by atoms with van der Waals surface area (Å²) in [5.74, 6) is -2.50. The van der Waals surface area contributed by atoms with Gasteiger partial charge in [-0.05, 0) is 0 Å². The lowest BCUT2D eigenvalue weighted by Gasteiger charge is -2.44. The fourth-order valence-corrected chi connectivity index (χ4v) is 2.49. The Kier molecular flexibility index (Phi) is 7.15. The van der Waals surface area contributed by atoms with Gasteiger partial charge in [0.25, 0.3) is 0 Å². The molecule has 136 valence electrons. The predicted molar refractivity (Wildman–Crippen MR) is 79.4 cm³/mol. The molecule has 9 nitrogen and oxygen atoms in total. The van der Waals surface area contributed by atoms with Crippen LogP contribution in [-0.4, -0.2) is 55.0 Å². The Morgan fingerprint density at radius 1 is 0.958 bits per heavy atom. The Bertz CT molecular complexity index is 506. The summed E-state index contributed by atoms with van der Waals surface area (Å²) in [4.78, 5) is 45.2. The molecule has 0 aromatic carbocycles. The summed E-state index contributed by atoms with van der Waals surface area (Å²) in [7, 11) is 0. The van der Waals surface area contributed by atoms with E-state index in [9.17, 15) is 19.2 Å². The maximum atomic E-state index is 11.5. The molecular formula is C15H23NO8. The first kappa shape index (κ1) is 19.9. The Morgan fingerprint density at radius 3 is 2.00 bits per heavy atom. The van der Waals surface area contributed by atoms with Gasteiger partial charge in [-0.15, -0.1) is 0 Å². The molecule has 1 aliphatic rings. The van der Waals surface area contributed by atoms with E-state index in [1.807, 2.05) is 0 Å². The van der Waals surface area contributed by atoms with Crippen molar-refractivity contribution >= 4 is 23.8 Å². The van der Waals surface area contributed by atoms with Gasteiger partial charge in [-0.3, -0.25) is 19.2 Å². The molecule has 0 aromatic heterocycles. The molecule has 1 amide bonds. The van der Waals surface area contributed by atoms with Crippen LogP contribution >= 0.6 is 0 Å². The Hall–Kier alpha value is -2.16. The Balaban J connectivity index is 3.07. The van der Waals surface area contributed by atoms with E-state index >= 15 is 0 Å². The number of hydrogen-bond donors (Lipinski definition) is 1. The van der Waals surface area contributed by atoms with Crippen LogP contribution in [0.4, 0.5) is 0 Å². The van der Waals surface area contributed by atoms with Gasteiger partial charge in [0.2, 0.25) is 12.2 Å². The van der Waals surface area contributed by atoms with Crippen molar-refractivity contribution in [3.8, 4) is 0 Å². The largest absolute Gasteiger partial charge is 0.463 e. The summed E-state index contributed by atoms with van der Waals surface area (Å²) in [5.41, 5.74) is 0. The van der Waals surface area contributed by atoms with Crippen LogP contribution in [0.2, 0.25) is 0 Å². The third-order valence-corrected chi connectivity index (χ3v) is 3.47. The van der Waals surface area contributed by atoms with Gasteiger partial charge in [0, 0.05) is 33.6 Å². The van der Waals surface area contributed by atoms with Gasteiger partial charge in [-0.25, -0.2) is 0 Å². The number of hydrogen-bond acceptors (Lipinski definition) is 8. The van der Waals surface area contributed by atoms with Gasteiger partial charge in [-0.2, -0.15) is 0 Å². The molecule has 1 fully saturated rings. The van der Waals surface area contributed by atoms with Crippen molar-refractivity contribution in [2.75, 3.05) is 6.61 Å². The lowest BCUT2D eigenvalue weighted by atomic mass is 9.89. The summed E-state index contributed by atoms with van der Waals surface area (Å²) in [6, 6.07) is -0.876. The highest BCUT2D eigenvalue weighted by atomic mass is 16.7. The number of amides is 1. The lowest BCUT2D eigenvalue weighted by Crippen LogP contribution is -2.63. The molecule has 1 N–H and O–H groups in total. The van der Waals surface area contributed by atoms with Crippen LogP contribution in [0.25, 0.3) is 0 Å². The second kappa shape index (κ2) is 8.62. The van der Waals surface area contributed by atoms with E-state index in [1.165, 1.54) is 27.7 Å². The summed E-state index contributed by atoms with van der Waals surface area (Å²) in [6.07, 6.45) is -2.66. The van der Waals surface area contributed by atoms with Crippen molar-refractivity contribution in [1.29, 1.82) is 0 Å². The zero-order valence-corrected chi connectivity index (χ0v) is 14.4. The van der Waals surface area contributed by atoms with E-state index in [2.05, 4.69) is 5.32 Å². The van der Waals surface area contributed by atoms with E-state index in [0.717, 1.165) is 0 Å². The van der Waals surface area contributed by atoms with Crippen LogP contribution in [0.15, 0.2) is 0 Å². The smallest absolute Gasteiger partial charge is 0.305 e. The van der Waals surface area contributed by atoms with E-state index in [-0.39, 0.29) is 6.61 Å². The minimum absolute atomic E-state index is 0.0984. The van der Waals surface area contributed by atoms with E-state index < -0.39 is 54.3 Å². The molecule has 0 saturated carbocycles. The molecule has 0 spiro atoms. The second-order valence-electron chi connectivity index (χ2n) is 5.61. The molecule has 5 atom stereocenters. The predicted octanol–water partition coefficient (Wildman–Crippen LogP) is -0.0900. The fourth-order valence-electron chi connectivity index (χ4n) is 2.49. The third-order valence-electron chi connectivity index (χ3n) is 3.47. The molecule has 0 bridgehead atoms. The highest BCUT2D eigenvalue weighted by Crippen LogP contribution is 2.29. The number of nitrogens with one attached hydrogen (secondary N) is 1. The van der Waals surface area contributed by atoms with Gasteiger partial charge < -0.3 is 24.3 Å². The fraction of sp³-hybridized carbons (Fsp3) is 0.733. The molecule has 1 aliphatic heterocycles. The first-order valence-electron chi connectivity index (χ1n) is 7.52. The maximum Gasteiger partial charge on any atom is 0.305 e. The summed E-state index contributed by atoms with van der Waals surface area (Å²) in [5, 5.41) is 2.58. The van der Waals surface area contributed by atoms with Crippen LogP contribution in [0, 0.1) is 5.92 Å². The van der Waals surface area contributed by atoms with Crippen LogP contribution in [0.3, 0.4) is 0 Å². The minimum Gasteiger partial charge on any atom is -0.463 e. The van der Waals surface area contributed by atoms with Crippen molar-refractivity contribution < 1.29 is 38.1 Å². The van der Waals surface area contributed by atoms with Crippen molar-refractivity contribution in [3.05, 3.63) is 0 Å². The second-order valence-corrected chi connectivity index (χ2v) is 5.61. The van der Waals surface area contributed by atoms with E-state index in [4.69, 9.17) is 18.9 Å². The van der Waals surface area contributed by atoms with Gasteiger partial charge in [-0.1, -0.05) is 6.92 Å².